The van der Waals surface area contributed by atoms with Crippen LogP contribution in [0, 0.1) is 13.8 Å². The molecule has 8 heteroatoms. The van der Waals surface area contributed by atoms with Gasteiger partial charge in [0.1, 0.15) is 5.69 Å². The number of pyridine rings is 1. The second-order valence-electron chi connectivity index (χ2n) is 6.04. The van der Waals surface area contributed by atoms with Gasteiger partial charge in [0.15, 0.2) is 11.0 Å². The first-order valence-electron chi connectivity index (χ1n) is 8.53. The lowest BCUT2D eigenvalue weighted by atomic mass is 10.1. The lowest BCUT2D eigenvalue weighted by Gasteiger charge is -2.11. The number of hydrogen-bond donors (Lipinski definition) is 1. The molecule has 0 saturated carbocycles. The van der Waals surface area contributed by atoms with Crippen LogP contribution in [0.2, 0.25) is 5.02 Å². The summed E-state index contributed by atoms with van der Waals surface area (Å²) in [4.78, 5) is 16.7. The fraction of sp³-hybridized carbons (Fsp3) is 0.263. The zero-order chi connectivity index (χ0) is 19.4. The molecule has 2 aromatic heterocycles. The average Bonchev–Trinajstić information content (AvgIpc) is 3.06. The molecular weight excluding hydrogens is 382 g/mol. The molecule has 0 fully saturated rings. The van der Waals surface area contributed by atoms with E-state index in [2.05, 4.69) is 20.5 Å². The highest BCUT2D eigenvalue weighted by Crippen LogP contribution is 2.28. The number of thioether (sulfide) groups is 1. The van der Waals surface area contributed by atoms with Crippen LogP contribution < -0.4 is 5.32 Å². The third kappa shape index (κ3) is 4.48. The summed E-state index contributed by atoms with van der Waals surface area (Å²) in [7, 11) is 0. The van der Waals surface area contributed by atoms with Crippen LogP contribution >= 0.6 is 23.4 Å². The molecule has 3 aromatic rings. The lowest BCUT2D eigenvalue weighted by molar-refractivity contribution is -0.113. The van der Waals surface area contributed by atoms with Gasteiger partial charge in [0.2, 0.25) is 5.91 Å². The van der Waals surface area contributed by atoms with Crippen molar-refractivity contribution >= 4 is 35.0 Å². The van der Waals surface area contributed by atoms with Gasteiger partial charge in [0.25, 0.3) is 0 Å². The molecule has 6 nitrogen and oxygen atoms in total. The van der Waals surface area contributed by atoms with Gasteiger partial charge in [-0.1, -0.05) is 35.5 Å². The lowest BCUT2D eigenvalue weighted by Crippen LogP contribution is -2.16. The number of aryl methyl sites for hydroxylation is 2. The van der Waals surface area contributed by atoms with Crippen LogP contribution in [0.1, 0.15) is 18.1 Å². The van der Waals surface area contributed by atoms with Gasteiger partial charge in [-0.05, 0) is 50.1 Å². The standard InChI is InChI=1S/C19H20ClN5OS/c1-4-25-18(15-7-5-6-8-21-15)23-24-19(25)27-11-16(26)22-17-13(3)9-12(2)10-14(17)20/h5-10H,4,11H2,1-3H3,(H,22,26). The van der Waals surface area contributed by atoms with Crippen molar-refractivity contribution in [1.82, 2.24) is 19.7 Å². The first-order chi connectivity index (χ1) is 13.0. The summed E-state index contributed by atoms with van der Waals surface area (Å²) < 4.78 is 1.95. The molecule has 0 spiro atoms. The van der Waals surface area contributed by atoms with Crippen molar-refractivity contribution in [2.75, 3.05) is 11.1 Å². The summed E-state index contributed by atoms with van der Waals surface area (Å²) in [6, 6.07) is 9.48. The molecule has 140 valence electrons. The summed E-state index contributed by atoms with van der Waals surface area (Å²) in [5.41, 5.74) is 3.40. The summed E-state index contributed by atoms with van der Waals surface area (Å²) in [6.45, 7) is 6.59. The minimum Gasteiger partial charge on any atom is -0.324 e. The highest BCUT2D eigenvalue weighted by Gasteiger charge is 2.16. The topological polar surface area (TPSA) is 72.7 Å². The molecular formula is C19H20ClN5OS. The predicted molar refractivity (Wildman–Crippen MR) is 109 cm³/mol. The van der Waals surface area contributed by atoms with Crippen molar-refractivity contribution in [3.8, 4) is 11.5 Å². The molecule has 0 aliphatic carbocycles. The van der Waals surface area contributed by atoms with Gasteiger partial charge in [-0.25, -0.2) is 0 Å². The van der Waals surface area contributed by atoms with E-state index in [1.54, 1.807) is 6.20 Å². The Hall–Kier alpha value is -2.38. The van der Waals surface area contributed by atoms with Crippen molar-refractivity contribution in [1.29, 1.82) is 0 Å². The Balaban J connectivity index is 1.70. The van der Waals surface area contributed by atoms with Crippen LogP contribution in [0.3, 0.4) is 0 Å². The minimum absolute atomic E-state index is 0.140. The molecule has 0 radical (unpaired) electrons. The van der Waals surface area contributed by atoms with Crippen LogP contribution in [-0.2, 0) is 11.3 Å². The fourth-order valence-electron chi connectivity index (χ4n) is 2.74. The summed E-state index contributed by atoms with van der Waals surface area (Å²) in [6.07, 6.45) is 1.72. The number of benzene rings is 1. The van der Waals surface area contributed by atoms with E-state index in [0.29, 0.717) is 28.2 Å². The van der Waals surface area contributed by atoms with Crippen LogP contribution in [-0.4, -0.2) is 31.4 Å². The van der Waals surface area contributed by atoms with E-state index < -0.39 is 0 Å². The number of nitrogens with zero attached hydrogens (tertiary/aromatic N) is 4. The van der Waals surface area contributed by atoms with Gasteiger partial charge in [-0.3, -0.25) is 9.78 Å². The third-order valence-corrected chi connectivity index (χ3v) is 5.22. The maximum absolute atomic E-state index is 12.4. The number of carbonyl (C=O) groups excluding carboxylic acids is 1. The number of anilines is 1. The zero-order valence-corrected chi connectivity index (χ0v) is 16.9. The van der Waals surface area contributed by atoms with Crippen LogP contribution in [0.5, 0.6) is 0 Å². The van der Waals surface area contributed by atoms with Crippen LogP contribution in [0.25, 0.3) is 11.5 Å². The maximum Gasteiger partial charge on any atom is 0.234 e. The Morgan fingerprint density at radius 3 is 2.74 bits per heavy atom. The van der Waals surface area contributed by atoms with E-state index in [1.165, 1.54) is 11.8 Å². The molecule has 1 amide bonds. The maximum atomic E-state index is 12.4. The van der Waals surface area contributed by atoms with Gasteiger partial charge < -0.3 is 9.88 Å². The predicted octanol–water partition coefficient (Wildman–Crippen LogP) is 4.36. The summed E-state index contributed by atoms with van der Waals surface area (Å²) in [5, 5.41) is 12.6. The molecule has 0 atom stereocenters. The molecule has 27 heavy (non-hydrogen) atoms. The van der Waals surface area contributed by atoms with Gasteiger partial charge in [-0.2, -0.15) is 0 Å². The van der Waals surface area contributed by atoms with E-state index >= 15 is 0 Å². The molecule has 0 saturated heterocycles. The monoisotopic (exact) mass is 401 g/mol. The average molecular weight is 402 g/mol. The molecule has 0 bridgehead atoms. The highest BCUT2D eigenvalue weighted by atomic mass is 35.5. The van der Waals surface area contributed by atoms with E-state index in [0.717, 1.165) is 16.8 Å². The number of aromatic nitrogens is 4. The number of carbonyl (C=O) groups is 1. The van der Waals surface area contributed by atoms with E-state index in [-0.39, 0.29) is 11.7 Å². The second kappa shape index (κ2) is 8.54. The molecule has 0 unspecified atom stereocenters. The molecule has 0 aliphatic heterocycles. The van der Waals surface area contributed by atoms with Crippen molar-refractivity contribution in [3.05, 3.63) is 52.7 Å². The second-order valence-corrected chi connectivity index (χ2v) is 7.39. The number of hydrogen-bond acceptors (Lipinski definition) is 5. The first-order valence-corrected chi connectivity index (χ1v) is 9.90. The fourth-order valence-corrected chi connectivity index (χ4v) is 3.92. The Morgan fingerprint density at radius 1 is 1.26 bits per heavy atom. The van der Waals surface area contributed by atoms with Gasteiger partial charge in [-0.15, -0.1) is 10.2 Å². The normalized spacial score (nSPS) is 10.8. The Labute approximate surface area is 167 Å². The van der Waals surface area contributed by atoms with Crippen molar-refractivity contribution in [3.63, 3.8) is 0 Å². The Bertz CT molecular complexity index is 935. The third-order valence-electron chi connectivity index (χ3n) is 3.96. The number of amides is 1. The smallest absolute Gasteiger partial charge is 0.234 e. The van der Waals surface area contributed by atoms with Gasteiger partial charge >= 0.3 is 0 Å². The minimum atomic E-state index is -0.140. The van der Waals surface area contributed by atoms with Crippen molar-refractivity contribution < 1.29 is 4.79 Å². The van der Waals surface area contributed by atoms with E-state index in [9.17, 15) is 4.79 Å². The quantitative estimate of drug-likeness (QED) is 0.621. The van der Waals surface area contributed by atoms with Gasteiger partial charge in [0.05, 0.1) is 16.5 Å². The molecule has 1 N–H and O–H groups in total. The van der Waals surface area contributed by atoms with Crippen molar-refractivity contribution in [2.24, 2.45) is 0 Å². The molecule has 0 aliphatic rings. The largest absolute Gasteiger partial charge is 0.324 e. The molecule has 3 rings (SSSR count). The summed E-state index contributed by atoms with van der Waals surface area (Å²) >= 11 is 7.60. The summed E-state index contributed by atoms with van der Waals surface area (Å²) in [5.74, 6) is 0.765. The van der Waals surface area contributed by atoms with Crippen LogP contribution in [0.15, 0.2) is 41.7 Å². The number of halogens is 1. The van der Waals surface area contributed by atoms with Gasteiger partial charge in [0, 0.05) is 12.7 Å². The SMILES string of the molecule is CCn1c(SCC(=O)Nc2c(C)cc(C)cc2Cl)nnc1-c1ccccn1. The van der Waals surface area contributed by atoms with Crippen LogP contribution in [0.4, 0.5) is 5.69 Å². The number of nitrogens with one attached hydrogen (secondary N) is 1. The highest BCUT2D eigenvalue weighted by molar-refractivity contribution is 7.99. The van der Waals surface area contributed by atoms with E-state index in [1.807, 2.05) is 55.7 Å². The van der Waals surface area contributed by atoms with Crippen molar-refractivity contribution in [2.45, 2.75) is 32.5 Å². The van der Waals surface area contributed by atoms with E-state index in [4.69, 9.17) is 11.6 Å². The zero-order valence-electron chi connectivity index (χ0n) is 15.4. The molecule has 2 heterocycles. The Morgan fingerprint density at radius 2 is 2.07 bits per heavy atom. The first kappa shape index (κ1) is 19.4. The molecule has 1 aromatic carbocycles. The number of rotatable bonds is 6. The Kier molecular flexibility index (Phi) is 6.13.